The minimum Gasteiger partial charge on any atom is -0.381 e. The summed E-state index contributed by atoms with van der Waals surface area (Å²) in [5.41, 5.74) is 3.87. The molecule has 2 aromatic rings. The molecule has 2 aromatic carbocycles. The Balaban J connectivity index is 2.07. The summed E-state index contributed by atoms with van der Waals surface area (Å²) in [7, 11) is 1.59. The molecule has 110 valence electrons. The smallest absolute Gasteiger partial charge is 0.252 e. The number of rotatable bonds is 5. The van der Waals surface area contributed by atoms with E-state index in [1.54, 1.807) is 19.2 Å². The predicted molar refractivity (Wildman–Crippen MR) is 88.0 cm³/mol. The molecule has 3 nitrogen and oxygen atoms in total. The summed E-state index contributed by atoms with van der Waals surface area (Å²) in [6, 6.07) is 13.9. The number of benzene rings is 2. The van der Waals surface area contributed by atoms with E-state index < -0.39 is 0 Å². The Bertz CT molecular complexity index is 623. The summed E-state index contributed by atoms with van der Waals surface area (Å²) < 4.78 is 0. The molecule has 0 fully saturated rings. The maximum Gasteiger partial charge on any atom is 0.252 e. The molecule has 0 unspecified atom stereocenters. The van der Waals surface area contributed by atoms with Gasteiger partial charge in [0.15, 0.2) is 0 Å². The lowest BCUT2D eigenvalue weighted by Crippen LogP contribution is -2.18. The van der Waals surface area contributed by atoms with Crippen LogP contribution in [-0.2, 0) is 13.0 Å². The summed E-state index contributed by atoms with van der Waals surface area (Å²) >= 11 is 6.03. The lowest BCUT2D eigenvalue weighted by molar-refractivity contribution is 0.0963. The van der Waals surface area contributed by atoms with Crippen molar-refractivity contribution in [2.45, 2.75) is 19.9 Å². The molecule has 21 heavy (non-hydrogen) atoms. The van der Waals surface area contributed by atoms with E-state index in [2.05, 4.69) is 41.8 Å². The van der Waals surface area contributed by atoms with Crippen LogP contribution in [0.1, 0.15) is 28.4 Å². The van der Waals surface area contributed by atoms with E-state index in [9.17, 15) is 4.79 Å². The predicted octanol–water partition coefficient (Wildman–Crippen LogP) is 3.87. The first kappa shape index (κ1) is 15.4. The average Bonchev–Trinajstić information content (AvgIpc) is 2.53. The lowest BCUT2D eigenvalue weighted by Gasteiger charge is -2.10. The fraction of sp³-hybridized carbons (Fsp3) is 0.235. The monoisotopic (exact) mass is 302 g/mol. The zero-order valence-electron chi connectivity index (χ0n) is 12.2. The van der Waals surface area contributed by atoms with Gasteiger partial charge in [0.25, 0.3) is 5.91 Å². The van der Waals surface area contributed by atoms with Crippen LogP contribution in [-0.4, -0.2) is 13.0 Å². The van der Waals surface area contributed by atoms with Crippen LogP contribution in [0.2, 0.25) is 5.02 Å². The van der Waals surface area contributed by atoms with Gasteiger partial charge in [-0.3, -0.25) is 4.79 Å². The normalized spacial score (nSPS) is 10.2. The van der Waals surface area contributed by atoms with E-state index in [1.807, 2.05) is 6.07 Å². The molecule has 0 aliphatic heterocycles. The van der Waals surface area contributed by atoms with Crippen LogP contribution < -0.4 is 10.6 Å². The highest BCUT2D eigenvalue weighted by Gasteiger charge is 2.09. The molecule has 0 heterocycles. The number of aryl methyl sites for hydroxylation is 1. The number of carbonyl (C=O) groups is 1. The largest absolute Gasteiger partial charge is 0.381 e. The molecule has 2 N–H and O–H groups in total. The molecule has 0 saturated carbocycles. The van der Waals surface area contributed by atoms with Gasteiger partial charge in [-0.1, -0.05) is 42.8 Å². The standard InChI is InChI=1S/C17H19ClN2O/c1-3-12-4-6-13(7-5-12)11-20-14-8-9-16(18)15(10-14)17(21)19-2/h4-10,20H,3,11H2,1-2H3,(H,19,21). The van der Waals surface area contributed by atoms with Gasteiger partial charge in [0.2, 0.25) is 0 Å². The topological polar surface area (TPSA) is 41.1 Å². The van der Waals surface area contributed by atoms with Gasteiger partial charge >= 0.3 is 0 Å². The highest BCUT2D eigenvalue weighted by atomic mass is 35.5. The van der Waals surface area contributed by atoms with E-state index in [0.29, 0.717) is 17.1 Å². The van der Waals surface area contributed by atoms with Crippen LogP contribution in [0.3, 0.4) is 0 Å². The molecule has 0 aliphatic rings. The molecule has 0 atom stereocenters. The Morgan fingerprint density at radius 2 is 1.76 bits per heavy atom. The van der Waals surface area contributed by atoms with Gasteiger partial charge in [-0.2, -0.15) is 0 Å². The van der Waals surface area contributed by atoms with E-state index in [0.717, 1.165) is 12.1 Å². The molecular formula is C17H19ClN2O. The van der Waals surface area contributed by atoms with Gasteiger partial charge in [-0.05, 0) is 35.7 Å². The first-order valence-corrected chi connectivity index (χ1v) is 7.35. The average molecular weight is 303 g/mol. The van der Waals surface area contributed by atoms with Crippen molar-refractivity contribution in [1.29, 1.82) is 0 Å². The molecule has 0 spiro atoms. The maximum absolute atomic E-state index is 11.7. The third kappa shape index (κ3) is 3.99. The van der Waals surface area contributed by atoms with Crippen molar-refractivity contribution < 1.29 is 4.79 Å². The van der Waals surface area contributed by atoms with Crippen molar-refractivity contribution in [2.75, 3.05) is 12.4 Å². The van der Waals surface area contributed by atoms with Crippen LogP contribution in [0, 0.1) is 0 Å². The Hall–Kier alpha value is -2.00. The maximum atomic E-state index is 11.7. The van der Waals surface area contributed by atoms with E-state index in [4.69, 9.17) is 11.6 Å². The van der Waals surface area contributed by atoms with E-state index in [1.165, 1.54) is 11.1 Å². The molecule has 1 amide bonds. The van der Waals surface area contributed by atoms with Crippen molar-refractivity contribution in [3.8, 4) is 0 Å². The van der Waals surface area contributed by atoms with Crippen molar-refractivity contribution in [2.24, 2.45) is 0 Å². The van der Waals surface area contributed by atoms with Gasteiger partial charge in [0.05, 0.1) is 10.6 Å². The second-order valence-electron chi connectivity index (χ2n) is 4.80. The Kier molecular flexibility index (Phi) is 5.23. The number of amides is 1. The molecule has 4 heteroatoms. The SMILES string of the molecule is CCc1ccc(CNc2ccc(Cl)c(C(=O)NC)c2)cc1. The molecular weight excluding hydrogens is 284 g/mol. The van der Waals surface area contributed by atoms with E-state index >= 15 is 0 Å². The van der Waals surface area contributed by atoms with Crippen LogP contribution in [0.25, 0.3) is 0 Å². The van der Waals surface area contributed by atoms with Crippen LogP contribution in [0.4, 0.5) is 5.69 Å². The second-order valence-corrected chi connectivity index (χ2v) is 5.20. The Morgan fingerprint density at radius 3 is 2.38 bits per heavy atom. The fourth-order valence-electron chi connectivity index (χ4n) is 2.04. The van der Waals surface area contributed by atoms with Gasteiger partial charge in [-0.25, -0.2) is 0 Å². The van der Waals surface area contributed by atoms with E-state index in [-0.39, 0.29) is 5.91 Å². The summed E-state index contributed by atoms with van der Waals surface area (Å²) in [4.78, 5) is 11.7. The molecule has 2 rings (SSSR count). The summed E-state index contributed by atoms with van der Waals surface area (Å²) in [6.45, 7) is 2.85. The molecule has 0 aromatic heterocycles. The second kappa shape index (κ2) is 7.14. The number of carbonyl (C=O) groups excluding carboxylic acids is 1. The first-order valence-electron chi connectivity index (χ1n) is 6.97. The Labute approximate surface area is 130 Å². The lowest BCUT2D eigenvalue weighted by atomic mass is 10.1. The quantitative estimate of drug-likeness (QED) is 0.880. The summed E-state index contributed by atoms with van der Waals surface area (Å²) in [6.07, 6.45) is 1.04. The minimum absolute atomic E-state index is 0.184. The number of halogens is 1. The van der Waals surface area contributed by atoms with Crippen molar-refractivity contribution in [3.63, 3.8) is 0 Å². The zero-order chi connectivity index (χ0) is 15.2. The highest BCUT2D eigenvalue weighted by Crippen LogP contribution is 2.21. The third-order valence-corrected chi connectivity index (χ3v) is 3.70. The molecule has 0 radical (unpaired) electrons. The highest BCUT2D eigenvalue weighted by molar-refractivity contribution is 6.34. The van der Waals surface area contributed by atoms with Gasteiger partial charge in [-0.15, -0.1) is 0 Å². The van der Waals surface area contributed by atoms with Gasteiger partial charge in [0, 0.05) is 19.3 Å². The summed E-state index contributed by atoms with van der Waals surface area (Å²) in [5.74, 6) is -0.184. The van der Waals surface area contributed by atoms with Crippen molar-refractivity contribution in [3.05, 3.63) is 64.2 Å². The van der Waals surface area contributed by atoms with Crippen molar-refractivity contribution >= 4 is 23.2 Å². The minimum atomic E-state index is -0.184. The number of anilines is 1. The van der Waals surface area contributed by atoms with Gasteiger partial charge < -0.3 is 10.6 Å². The fourth-order valence-corrected chi connectivity index (χ4v) is 2.24. The zero-order valence-corrected chi connectivity index (χ0v) is 13.0. The Morgan fingerprint density at radius 1 is 1.10 bits per heavy atom. The van der Waals surface area contributed by atoms with Crippen LogP contribution in [0.5, 0.6) is 0 Å². The number of hydrogen-bond acceptors (Lipinski definition) is 2. The van der Waals surface area contributed by atoms with Gasteiger partial charge in [0.1, 0.15) is 0 Å². The van der Waals surface area contributed by atoms with Crippen molar-refractivity contribution in [1.82, 2.24) is 5.32 Å². The number of nitrogens with one attached hydrogen (secondary N) is 2. The van der Waals surface area contributed by atoms with Crippen LogP contribution >= 0.6 is 11.6 Å². The van der Waals surface area contributed by atoms with Crippen LogP contribution in [0.15, 0.2) is 42.5 Å². The molecule has 0 aliphatic carbocycles. The molecule has 0 bridgehead atoms. The number of hydrogen-bond donors (Lipinski definition) is 2. The third-order valence-electron chi connectivity index (χ3n) is 3.37. The first-order chi connectivity index (χ1) is 10.1. The molecule has 0 saturated heterocycles. The summed E-state index contributed by atoms with van der Waals surface area (Å²) in [5, 5.41) is 6.34.